The van der Waals surface area contributed by atoms with Gasteiger partial charge >= 0.3 is 0 Å². The van der Waals surface area contributed by atoms with E-state index in [0.29, 0.717) is 5.92 Å². The lowest BCUT2D eigenvalue weighted by Crippen LogP contribution is -2.52. The molecule has 1 rings (SSSR count). The zero-order chi connectivity index (χ0) is 11.4. The zero-order valence-corrected chi connectivity index (χ0v) is 9.32. The number of hydrogen-bond donors (Lipinski definition) is 2. The maximum absolute atomic E-state index is 11.9. The fraction of sp³-hybridized carbons (Fsp3) is 0.800. The van der Waals surface area contributed by atoms with Crippen LogP contribution >= 0.6 is 0 Å². The van der Waals surface area contributed by atoms with Gasteiger partial charge in [-0.05, 0) is 25.3 Å². The van der Waals surface area contributed by atoms with Crippen molar-refractivity contribution in [3.05, 3.63) is 0 Å². The van der Waals surface area contributed by atoms with Crippen molar-refractivity contribution in [2.75, 3.05) is 20.1 Å². The van der Waals surface area contributed by atoms with Crippen molar-refractivity contribution in [2.24, 2.45) is 11.7 Å². The summed E-state index contributed by atoms with van der Waals surface area (Å²) in [6.07, 6.45) is 2.15. The van der Waals surface area contributed by atoms with E-state index in [0.717, 1.165) is 19.4 Å². The first-order valence-corrected chi connectivity index (χ1v) is 5.29. The minimum absolute atomic E-state index is 0.0102. The summed E-state index contributed by atoms with van der Waals surface area (Å²) >= 11 is 0. The molecule has 1 aliphatic rings. The van der Waals surface area contributed by atoms with Gasteiger partial charge < -0.3 is 16.0 Å². The van der Waals surface area contributed by atoms with Crippen LogP contribution in [0.25, 0.3) is 0 Å². The minimum Gasteiger partial charge on any atom is -0.368 e. The second kappa shape index (κ2) is 5.11. The van der Waals surface area contributed by atoms with E-state index < -0.39 is 5.91 Å². The van der Waals surface area contributed by atoms with Gasteiger partial charge in [0.15, 0.2) is 0 Å². The number of hydrogen-bond acceptors (Lipinski definition) is 3. The van der Waals surface area contributed by atoms with Crippen molar-refractivity contribution in [1.82, 2.24) is 10.2 Å². The molecule has 0 radical (unpaired) electrons. The predicted molar refractivity (Wildman–Crippen MR) is 57.0 cm³/mol. The van der Waals surface area contributed by atoms with Crippen LogP contribution < -0.4 is 11.1 Å². The van der Waals surface area contributed by atoms with Gasteiger partial charge in [-0.15, -0.1) is 0 Å². The van der Waals surface area contributed by atoms with E-state index in [9.17, 15) is 9.59 Å². The summed E-state index contributed by atoms with van der Waals surface area (Å²) in [5.74, 6) is -0.197. The molecule has 2 unspecified atom stereocenters. The molecule has 0 saturated carbocycles. The van der Waals surface area contributed by atoms with Crippen LogP contribution in [0.2, 0.25) is 0 Å². The molecule has 0 aromatic carbocycles. The molecule has 0 spiro atoms. The van der Waals surface area contributed by atoms with Crippen LogP contribution in [0.5, 0.6) is 0 Å². The second-order valence-corrected chi connectivity index (χ2v) is 4.21. The van der Waals surface area contributed by atoms with Crippen molar-refractivity contribution >= 4 is 11.8 Å². The molecule has 0 aromatic rings. The van der Waals surface area contributed by atoms with E-state index in [-0.39, 0.29) is 18.5 Å². The molecule has 1 fully saturated rings. The zero-order valence-electron chi connectivity index (χ0n) is 9.32. The van der Waals surface area contributed by atoms with Crippen LogP contribution in [-0.2, 0) is 9.59 Å². The molecule has 5 nitrogen and oxygen atoms in total. The normalized spacial score (nSPS) is 26.0. The maximum Gasteiger partial charge on any atom is 0.240 e. The van der Waals surface area contributed by atoms with Crippen molar-refractivity contribution in [3.63, 3.8) is 0 Å². The van der Waals surface area contributed by atoms with Crippen LogP contribution in [0.4, 0.5) is 0 Å². The van der Waals surface area contributed by atoms with Gasteiger partial charge in [0.2, 0.25) is 11.8 Å². The topological polar surface area (TPSA) is 75.4 Å². The first-order chi connectivity index (χ1) is 7.02. The average molecular weight is 213 g/mol. The standard InChI is InChI=1S/C10H19N3O2/c1-7-4-3-5-12-9(7)10(15)13(2)6-8(11)14/h7,9,12H,3-6H2,1-2H3,(H2,11,14). The van der Waals surface area contributed by atoms with Crippen molar-refractivity contribution in [2.45, 2.75) is 25.8 Å². The molecule has 86 valence electrons. The summed E-state index contributed by atoms with van der Waals surface area (Å²) in [5.41, 5.74) is 5.04. The average Bonchev–Trinajstić information content (AvgIpc) is 2.16. The lowest BCUT2D eigenvalue weighted by atomic mass is 9.92. The SMILES string of the molecule is CC1CCCNC1C(=O)N(C)CC(N)=O. The van der Waals surface area contributed by atoms with Gasteiger partial charge in [0.05, 0.1) is 12.6 Å². The molecule has 15 heavy (non-hydrogen) atoms. The van der Waals surface area contributed by atoms with Crippen molar-refractivity contribution in [3.8, 4) is 0 Å². The van der Waals surface area contributed by atoms with Crippen LogP contribution in [-0.4, -0.2) is 42.9 Å². The number of nitrogens with two attached hydrogens (primary N) is 1. The molecule has 0 aromatic heterocycles. The quantitative estimate of drug-likeness (QED) is 0.652. The Balaban J connectivity index is 2.54. The highest BCUT2D eigenvalue weighted by Crippen LogP contribution is 2.16. The highest BCUT2D eigenvalue weighted by atomic mass is 16.2. The molecule has 5 heteroatoms. The van der Waals surface area contributed by atoms with E-state index in [2.05, 4.69) is 5.32 Å². The Morgan fingerprint density at radius 1 is 1.53 bits per heavy atom. The van der Waals surface area contributed by atoms with Crippen LogP contribution in [0, 0.1) is 5.92 Å². The van der Waals surface area contributed by atoms with Gasteiger partial charge in [0.1, 0.15) is 0 Å². The highest BCUT2D eigenvalue weighted by Gasteiger charge is 2.29. The number of nitrogens with zero attached hydrogens (tertiary/aromatic N) is 1. The molecular weight excluding hydrogens is 194 g/mol. The van der Waals surface area contributed by atoms with E-state index >= 15 is 0 Å². The molecule has 1 saturated heterocycles. The molecule has 2 atom stereocenters. The van der Waals surface area contributed by atoms with E-state index in [4.69, 9.17) is 5.73 Å². The first-order valence-electron chi connectivity index (χ1n) is 5.29. The second-order valence-electron chi connectivity index (χ2n) is 4.21. The van der Waals surface area contributed by atoms with Gasteiger partial charge in [-0.2, -0.15) is 0 Å². The minimum atomic E-state index is -0.477. The number of carbonyl (C=O) groups is 2. The fourth-order valence-electron chi connectivity index (χ4n) is 1.93. The van der Waals surface area contributed by atoms with Gasteiger partial charge in [0.25, 0.3) is 0 Å². The third kappa shape index (κ3) is 3.20. The Labute approximate surface area is 90.0 Å². The smallest absolute Gasteiger partial charge is 0.240 e. The van der Waals surface area contributed by atoms with Crippen molar-refractivity contribution in [1.29, 1.82) is 0 Å². The summed E-state index contributed by atoms with van der Waals surface area (Å²) in [7, 11) is 1.61. The Morgan fingerprint density at radius 3 is 2.73 bits per heavy atom. The largest absolute Gasteiger partial charge is 0.368 e. The number of amides is 2. The molecule has 2 amide bonds. The molecule has 0 bridgehead atoms. The summed E-state index contributed by atoms with van der Waals surface area (Å²) in [5, 5.41) is 3.18. The lowest BCUT2D eigenvalue weighted by molar-refractivity contribution is -0.137. The van der Waals surface area contributed by atoms with E-state index in [1.807, 2.05) is 6.92 Å². The molecule has 3 N–H and O–H groups in total. The fourth-order valence-corrected chi connectivity index (χ4v) is 1.93. The third-order valence-corrected chi connectivity index (χ3v) is 2.80. The molecule has 1 heterocycles. The molecular formula is C10H19N3O2. The molecule has 0 aliphatic carbocycles. The van der Waals surface area contributed by atoms with Crippen molar-refractivity contribution < 1.29 is 9.59 Å². The van der Waals surface area contributed by atoms with E-state index in [1.165, 1.54) is 4.90 Å². The Hall–Kier alpha value is -1.10. The van der Waals surface area contributed by atoms with Gasteiger partial charge in [-0.25, -0.2) is 0 Å². The Morgan fingerprint density at radius 2 is 2.20 bits per heavy atom. The monoisotopic (exact) mass is 213 g/mol. The van der Waals surface area contributed by atoms with Gasteiger partial charge in [-0.1, -0.05) is 6.92 Å². The maximum atomic E-state index is 11.9. The van der Waals surface area contributed by atoms with Crippen LogP contribution in [0.1, 0.15) is 19.8 Å². The summed E-state index contributed by atoms with van der Waals surface area (Å²) < 4.78 is 0. The summed E-state index contributed by atoms with van der Waals surface area (Å²) in [4.78, 5) is 24.0. The van der Waals surface area contributed by atoms with Gasteiger partial charge in [0, 0.05) is 7.05 Å². The number of carbonyl (C=O) groups excluding carboxylic acids is 2. The number of rotatable bonds is 3. The molecule has 1 aliphatic heterocycles. The first kappa shape index (κ1) is 12.0. The van der Waals surface area contributed by atoms with E-state index in [1.54, 1.807) is 7.05 Å². The van der Waals surface area contributed by atoms with Crippen LogP contribution in [0.15, 0.2) is 0 Å². The lowest BCUT2D eigenvalue weighted by Gasteiger charge is -2.31. The summed E-state index contributed by atoms with van der Waals surface area (Å²) in [6.45, 7) is 2.90. The highest BCUT2D eigenvalue weighted by molar-refractivity contribution is 5.86. The number of nitrogens with one attached hydrogen (secondary N) is 1. The summed E-state index contributed by atoms with van der Waals surface area (Å²) in [6, 6.07) is -0.164. The number of piperidine rings is 1. The van der Waals surface area contributed by atoms with Crippen LogP contribution in [0.3, 0.4) is 0 Å². The third-order valence-electron chi connectivity index (χ3n) is 2.80. The number of likely N-dealkylation sites (N-methyl/N-ethyl adjacent to an activating group) is 1. The Bertz CT molecular complexity index is 255. The Kier molecular flexibility index (Phi) is 4.08. The predicted octanol–water partition coefficient (Wildman–Crippen LogP) is -0.682. The van der Waals surface area contributed by atoms with Gasteiger partial charge in [-0.3, -0.25) is 9.59 Å². The number of primary amides is 1.